The van der Waals surface area contributed by atoms with Crippen molar-refractivity contribution in [2.45, 2.75) is 0 Å². The molecule has 0 aliphatic heterocycles. The highest BCUT2D eigenvalue weighted by molar-refractivity contribution is 6.50. The smallest absolute Gasteiger partial charge is 0.418 e. The van der Waals surface area contributed by atoms with Crippen LogP contribution >= 0.6 is 0 Å². The van der Waals surface area contributed by atoms with Gasteiger partial charge in [0, 0.05) is 8.41 Å². The van der Waals surface area contributed by atoms with E-state index in [-0.39, 0.29) is 8.41 Å². The molecular weight excluding hydrogens is 271 g/mol. The first-order valence-electron chi connectivity index (χ1n) is 2.62. The number of rotatable bonds is 0. The Bertz CT molecular complexity index is 88.0. The molecule has 3 radical (unpaired) electrons. The van der Waals surface area contributed by atoms with Crippen LogP contribution in [0.2, 0.25) is 0 Å². The molecule has 0 saturated carbocycles. The highest BCUT2D eigenvalue weighted by Crippen LogP contribution is 2.07. The van der Waals surface area contributed by atoms with Gasteiger partial charge in [-0.3, -0.25) is 0 Å². The largest absolute Gasteiger partial charge is 0.673 e. The summed E-state index contributed by atoms with van der Waals surface area (Å²) in [4.78, 5) is 0. The third-order valence-corrected chi connectivity index (χ3v) is 0. The maximum absolute atomic E-state index is 9.75. The summed E-state index contributed by atoms with van der Waals surface area (Å²) in [6, 6.07) is 0. The quantitative estimate of drug-likeness (QED) is 0.467. The first-order valence-corrected chi connectivity index (χ1v) is 2.62. The molecule has 0 aliphatic carbocycles. The van der Waals surface area contributed by atoms with Crippen LogP contribution in [0, 0.1) is 0 Å². The summed E-state index contributed by atoms with van der Waals surface area (Å²) < 4.78 is 117. The molecule has 0 aliphatic rings. The van der Waals surface area contributed by atoms with Crippen molar-refractivity contribution in [1.29, 1.82) is 0 Å². The van der Waals surface area contributed by atoms with Crippen LogP contribution in [0.4, 0.5) is 51.8 Å². The molecule has 0 unspecified atom stereocenters. The lowest BCUT2D eigenvalue weighted by Crippen LogP contribution is -2.02. The van der Waals surface area contributed by atoms with Gasteiger partial charge in [0.15, 0.2) is 0 Å². The predicted molar refractivity (Wildman–Crippen MR) is 36.3 cm³/mol. The molecule has 0 aromatic rings. The minimum Gasteiger partial charge on any atom is -0.418 e. The van der Waals surface area contributed by atoms with Gasteiger partial charge in [-0.15, -0.1) is 0 Å². The van der Waals surface area contributed by atoms with Crippen molar-refractivity contribution in [2.24, 2.45) is 0 Å². The third-order valence-electron chi connectivity index (χ3n) is 0. The predicted octanol–water partition coefficient (Wildman–Crippen LogP) is 3.52. The van der Waals surface area contributed by atoms with Crippen molar-refractivity contribution in [1.82, 2.24) is 0 Å². The third kappa shape index (κ3) is 6150. The van der Waals surface area contributed by atoms with Crippen molar-refractivity contribution < 1.29 is 51.8 Å². The standard InChI is InChI=1S/3BF4.B/c3*2-1(3,4)5;/q3*-1;. The van der Waals surface area contributed by atoms with E-state index in [0.29, 0.717) is 0 Å². The summed E-state index contributed by atoms with van der Waals surface area (Å²) in [6.45, 7) is 0. The van der Waals surface area contributed by atoms with Crippen LogP contribution in [0.3, 0.4) is 0 Å². The number of halogens is 12. The topological polar surface area (TPSA) is 0 Å². The van der Waals surface area contributed by atoms with Gasteiger partial charge in [-0.1, -0.05) is 0 Å². The van der Waals surface area contributed by atoms with Gasteiger partial charge in [0.2, 0.25) is 0 Å². The second kappa shape index (κ2) is 8.56. The van der Waals surface area contributed by atoms with Crippen molar-refractivity contribution in [3.05, 3.63) is 0 Å². The zero-order chi connectivity index (χ0) is 13.5. The molecular formula is B4F12-3. The van der Waals surface area contributed by atoms with Crippen molar-refractivity contribution in [3.8, 4) is 0 Å². The van der Waals surface area contributed by atoms with Gasteiger partial charge in [-0.25, -0.2) is 0 Å². The lowest BCUT2D eigenvalue weighted by atomic mass is 10.3. The van der Waals surface area contributed by atoms with Gasteiger partial charge in [0.25, 0.3) is 0 Å². The first kappa shape index (κ1) is 24.6. The average molecular weight is 271 g/mol. The minimum absolute atomic E-state index is 0. The van der Waals surface area contributed by atoms with Crippen molar-refractivity contribution >= 4 is 30.2 Å². The molecule has 0 aromatic heterocycles. The first-order chi connectivity index (χ1) is 6.00. The molecule has 0 saturated heterocycles. The van der Waals surface area contributed by atoms with Crippen molar-refractivity contribution in [3.63, 3.8) is 0 Å². The van der Waals surface area contributed by atoms with Crippen LogP contribution in [-0.4, -0.2) is 30.2 Å². The fraction of sp³-hybridized carbons (Fsp3) is 0. The molecule has 0 bridgehead atoms. The minimum atomic E-state index is -6.00. The molecule has 0 N–H and O–H groups in total. The van der Waals surface area contributed by atoms with Crippen LogP contribution in [0.15, 0.2) is 0 Å². The van der Waals surface area contributed by atoms with E-state index in [1.54, 1.807) is 0 Å². The Kier molecular flexibility index (Phi) is 13.1. The number of hydrogen-bond donors (Lipinski definition) is 0. The number of hydrogen-bond acceptors (Lipinski definition) is 0. The van der Waals surface area contributed by atoms with E-state index in [1.165, 1.54) is 0 Å². The SMILES string of the molecule is F[B-](F)(F)F.F[B-](F)(F)F.F[B-](F)(F)F.[B]. The maximum Gasteiger partial charge on any atom is 0.673 e. The van der Waals surface area contributed by atoms with Gasteiger partial charge >= 0.3 is 21.8 Å². The Labute approximate surface area is 83.3 Å². The summed E-state index contributed by atoms with van der Waals surface area (Å²) in [5.41, 5.74) is 0. The molecule has 0 rings (SSSR count). The molecule has 0 amide bonds. The Morgan fingerprint density at radius 3 is 0.312 bits per heavy atom. The van der Waals surface area contributed by atoms with Crippen LogP contribution in [-0.2, 0) is 0 Å². The Hall–Kier alpha value is -0.580. The van der Waals surface area contributed by atoms with Crippen LogP contribution < -0.4 is 0 Å². The summed E-state index contributed by atoms with van der Waals surface area (Å²) in [7, 11) is -18.0. The van der Waals surface area contributed by atoms with E-state index >= 15 is 0 Å². The molecule has 0 atom stereocenters. The summed E-state index contributed by atoms with van der Waals surface area (Å²) in [5, 5.41) is 0. The molecule has 0 spiro atoms. The molecule has 0 nitrogen and oxygen atoms in total. The molecule has 99 valence electrons. The van der Waals surface area contributed by atoms with E-state index in [9.17, 15) is 51.8 Å². The molecule has 0 aromatic carbocycles. The normalized spacial score (nSPS) is 11.2. The second-order valence-corrected chi connectivity index (χ2v) is 1.48. The Morgan fingerprint density at radius 1 is 0.312 bits per heavy atom. The average Bonchev–Trinajstić information content (AvgIpc) is 1.41. The van der Waals surface area contributed by atoms with Gasteiger partial charge in [-0.2, -0.15) is 0 Å². The lowest BCUT2D eigenvalue weighted by molar-refractivity contribution is 0.366. The van der Waals surface area contributed by atoms with E-state index in [4.69, 9.17) is 0 Å². The lowest BCUT2D eigenvalue weighted by Gasteiger charge is -1.94. The van der Waals surface area contributed by atoms with Crippen LogP contribution in [0.1, 0.15) is 0 Å². The van der Waals surface area contributed by atoms with Gasteiger partial charge in [0.1, 0.15) is 0 Å². The van der Waals surface area contributed by atoms with E-state index in [0.717, 1.165) is 0 Å². The van der Waals surface area contributed by atoms with E-state index in [1.807, 2.05) is 0 Å². The molecule has 0 fully saturated rings. The van der Waals surface area contributed by atoms with Gasteiger partial charge in [-0.05, 0) is 0 Å². The van der Waals surface area contributed by atoms with E-state index < -0.39 is 21.8 Å². The monoisotopic (exact) mass is 272 g/mol. The summed E-state index contributed by atoms with van der Waals surface area (Å²) in [6.07, 6.45) is 0. The highest BCUT2D eigenvalue weighted by atomic mass is 19.5. The van der Waals surface area contributed by atoms with Gasteiger partial charge < -0.3 is 51.8 Å². The Morgan fingerprint density at radius 2 is 0.312 bits per heavy atom. The zero-order valence-electron chi connectivity index (χ0n) is 6.84. The zero-order valence-corrected chi connectivity index (χ0v) is 6.84. The van der Waals surface area contributed by atoms with Gasteiger partial charge in [0.05, 0.1) is 0 Å². The summed E-state index contributed by atoms with van der Waals surface area (Å²) in [5.74, 6) is 0. The van der Waals surface area contributed by atoms with Crippen LogP contribution in [0.25, 0.3) is 0 Å². The van der Waals surface area contributed by atoms with E-state index in [2.05, 4.69) is 0 Å². The maximum atomic E-state index is 9.75. The fourth-order valence-electron chi connectivity index (χ4n) is 0. The van der Waals surface area contributed by atoms with Crippen molar-refractivity contribution in [2.75, 3.05) is 0 Å². The molecule has 0 heterocycles. The highest BCUT2D eigenvalue weighted by Gasteiger charge is 2.21. The molecule has 16 heteroatoms. The Balaban J connectivity index is -0.0000000655. The fourth-order valence-corrected chi connectivity index (χ4v) is 0. The second-order valence-electron chi connectivity index (χ2n) is 1.48. The van der Waals surface area contributed by atoms with Crippen LogP contribution in [0.5, 0.6) is 0 Å². The molecule has 16 heavy (non-hydrogen) atoms. The summed E-state index contributed by atoms with van der Waals surface area (Å²) >= 11 is 0.